The first-order chi connectivity index (χ1) is 16.0. The lowest BCUT2D eigenvalue weighted by atomic mass is 9.90. The molecule has 0 aromatic heterocycles. The minimum atomic E-state index is -0.565. The number of anilines is 2. The molecule has 0 radical (unpaired) electrons. The number of benzene rings is 2. The highest BCUT2D eigenvalue weighted by Crippen LogP contribution is 2.24. The number of aromatic hydroxyl groups is 1. The third kappa shape index (κ3) is 6.26. The van der Waals surface area contributed by atoms with Crippen LogP contribution in [0.1, 0.15) is 24.8 Å². The minimum Gasteiger partial charge on any atom is -0.508 e. The van der Waals surface area contributed by atoms with E-state index in [0.29, 0.717) is 24.7 Å². The van der Waals surface area contributed by atoms with Crippen LogP contribution in [-0.2, 0) is 16.0 Å². The molecule has 2 heterocycles. The Morgan fingerprint density at radius 1 is 0.909 bits per heavy atom. The van der Waals surface area contributed by atoms with Crippen LogP contribution in [-0.4, -0.2) is 73.0 Å². The lowest BCUT2D eigenvalue weighted by Crippen LogP contribution is -2.44. The van der Waals surface area contributed by atoms with Gasteiger partial charge in [-0.2, -0.15) is 0 Å². The van der Waals surface area contributed by atoms with Crippen molar-refractivity contribution >= 4 is 23.2 Å². The van der Waals surface area contributed by atoms with E-state index in [2.05, 4.69) is 22.2 Å². The summed E-state index contributed by atoms with van der Waals surface area (Å²) in [6.45, 7) is 5.31. The van der Waals surface area contributed by atoms with E-state index in [9.17, 15) is 14.7 Å². The standard InChI is InChI=1S/C26H34N4O3/c1-28-16-18-29(19-17-28)23-8-6-22(7-9-23)27-25(32)26(33)30-14-12-21(13-15-30)3-2-20-4-10-24(31)11-5-20/h4-11,21,31H,2-3,12-19H2,1H3,(H,27,32). The van der Waals surface area contributed by atoms with Gasteiger partial charge in [-0.15, -0.1) is 0 Å². The van der Waals surface area contributed by atoms with Gasteiger partial charge >= 0.3 is 11.8 Å². The number of hydrogen-bond acceptors (Lipinski definition) is 5. The molecule has 0 saturated carbocycles. The highest BCUT2D eigenvalue weighted by molar-refractivity contribution is 6.39. The molecule has 0 unspecified atom stereocenters. The molecule has 176 valence electrons. The van der Waals surface area contributed by atoms with Gasteiger partial charge in [0.15, 0.2) is 0 Å². The normalized spacial score (nSPS) is 17.7. The fourth-order valence-electron chi connectivity index (χ4n) is 4.61. The maximum atomic E-state index is 12.6. The van der Waals surface area contributed by atoms with Crippen LogP contribution >= 0.6 is 0 Å². The Bertz CT molecular complexity index is 929. The van der Waals surface area contributed by atoms with Crippen LogP contribution in [0.2, 0.25) is 0 Å². The summed E-state index contributed by atoms with van der Waals surface area (Å²) in [4.78, 5) is 31.5. The minimum absolute atomic E-state index is 0.287. The Labute approximate surface area is 196 Å². The van der Waals surface area contributed by atoms with Crippen molar-refractivity contribution in [2.75, 3.05) is 56.5 Å². The third-order valence-corrected chi connectivity index (χ3v) is 6.87. The van der Waals surface area contributed by atoms with Crippen molar-refractivity contribution in [3.05, 3.63) is 54.1 Å². The highest BCUT2D eigenvalue weighted by Gasteiger charge is 2.27. The number of carbonyl (C=O) groups is 2. The molecule has 7 heteroatoms. The van der Waals surface area contributed by atoms with Gasteiger partial charge in [0, 0.05) is 50.6 Å². The summed E-state index contributed by atoms with van der Waals surface area (Å²) in [5.41, 5.74) is 3.00. The van der Waals surface area contributed by atoms with E-state index >= 15 is 0 Å². The van der Waals surface area contributed by atoms with Crippen LogP contribution in [0.25, 0.3) is 0 Å². The molecule has 0 bridgehead atoms. The van der Waals surface area contributed by atoms with Crippen LogP contribution in [0.15, 0.2) is 48.5 Å². The fraction of sp³-hybridized carbons (Fsp3) is 0.462. The largest absolute Gasteiger partial charge is 0.508 e. The summed E-state index contributed by atoms with van der Waals surface area (Å²) in [6, 6.07) is 15.1. The number of likely N-dealkylation sites (tertiary alicyclic amines) is 1. The number of nitrogens with one attached hydrogen (secondary N) is 1. The van der Waals surface area contributed by atoms with Crippen molar-refractivity contribution in [1.29, 1.82) is 0 Å². The zero-order valence-electron chi connectivity index (χ0n) is 19.4. The van der Waals surface area contributed by atoms with Crippen LogP contribution in [0, 0.1) is 5.92 Å². The SMILES string of the molecule is CN1CCN(c2ccc(NC(=O)C(=O)N3CCC(CCc4ccc(O)cc4)CC3)cc2)CC1. The van der Waals surface area contributed by atoms with Crippen molar-refractivity contribution in [1.82, 2.24) is 9.80 Å². The summed E-state index contributed by atoms with van der Waals surface area (Å²) in [6.07, 6.45) is 3.84. The Kier molecular flexibility index (Phi) is 7.50. The van der Waals surface area contributed by atoms with E-state index in [-0.39, 0.29) is 5.75 Å². The second kappa shape index (κ2) is 10.7. The maximum absolute atomic E-state index is 12.6. The van der Waals surface area contributed by atoms with Gasteiger partial charge in [-0.05, 0) is 80.6 Å². The van der Waals surface area contributed by atoms with Crippen molar-refractivity contribution in [2.45, 2.75) is 25.7 Å². The number of amides is 2. The first kappa shape index (κ1) is 23.1. The molecule has 0 spiro atoms. The molecule has 2 fully saturated rings. The van der Waals surface area contributed by atoms with Crippen molar-refractivity contribution in [3.63, 3.8) is 0 Å². The molecule has 4 rings (SSSR count). The molecule has 2 aromatic carbocycles. The number of piperazine rings is 1. The number of rotatable bonds is 5. The molecule has 2 aliphatic heterocycles. The van der Waals surface area contributed by atoms with Crippen molar-refractivity contribution < 1.29 is 14.7 Å². The van der Waals surface area contributed by atoms with Gasteiger partial charge in [-0.25, -0.2) is 0 Å². The topological polar surface area (TPSA) is 76.1 Å². The molecule has 7 nitrogen and oxygen atoms in total. The highest BCUT2D eigenvalue weighted by atomic mass is 16.3. The van der Waals surface area contributed by atoms with E-state index in [1.54, 1.807) is 17.0 Å². The molecular formula is C26H34N4O3. The van der Waals surface area contributed by atoms with Crippen LogP contribution in [0.4, 0.5) is 11.4 Å². The van der Waals surface area contributed by atoms with E-state index < -0.39 is 11.8 Å². The number of piperidine rings is 1. The smallest absolute Gasteiger partial charge is 0.313 e. The fourth-order valence-corrected chi connectivity index (χ4v) is 4.61. The molecular weight excluding hydrogens is 416 g/mol. The summed E-state index contributed by atoms with van der Waals surface area (Å²) < 4.78 is 0. The van der Waals surface area contributed by atoms with Crippen LogP contribution in [0.5, 0.6) is 5.75 Å². The van der Waals surface area contributed by atoms with Crippen LogP contribution < -0.4 is 10.2 Å². The van der Waals surface area contributed by atoms with Gasteiger partial charge in [-0.1, -0.05) is 12.1 Å². The predicted molar refractivity (Wildman–Crippen MR) is 131 cm³/mol. The van der Waals surface area contributed by atoms with Gasteiger partial charge in [0.05, 0.1) is 0 Å². The first-order valence-corrected chi connectivity index (χ1v) is 11.9. The average Bonchev–Trinajstić information content (AvgIpc) is 2.84. The first-order valence-electron chi connectivity index (χ1n) is 11.9. The molecule has 2 saturated heterocycles. The Morgan fingerprint density at radius 2 is 1.55 bits per heavy atom. The lowest BCUT2D eigenvalue weighted by Gasteiger charge is -2.34. The summed E-state index contributed by atoms with van der Waals surface area (Å²) in [5, 5.41) is 12.2. The summed E-state index contributed by atoms with van der Waals surface area (Å²) in [5.74, 6) is -0.178. The van der Waals surface area contributed by atoms with Gasteiger partial charge in [0.1, 0.15) is 5.75 Å². The van der Waals surface area contributed by atoms with Gasteiger partial charge in [0.25, 0.3) is 0 Å². The third-order valence-electron chi connectivity index (χ3n) is 6.87. The maximum Gasteiger partial charge on any atom is 0.313 e. The molecule has 2 amide bonds. The summed E-state index contributed by atoms with van der Waals surface area (Å²) in [7, 11) is 2.13. The predicted octanol–water partition coefficient (Wildman–Crippen LogP) is 2.95. The van der Waals surface area contributed by atoms with Gasteiger partial charge in [-0.3, -0.25) is 9.59 Å². The number of phenols is 1. The van der Waals surface area contributed by atoms with Gasteiger partial charge in [0.2, 0.25) is 0 Å². The molecule has 2 N–H and O–H groups in total. The molecule has 33 heavy (non-hydrogen) atoms. The van der Waals surface area contributed by atoms with Crippen molar-refractivity contribution in [3.8, 4) is 5.75 Å². The number of carbonyl (C=O) groups excluding carboxylic acids is 2. The molecule has 2 aliphatic rings. The zero-order chi connectivity index (χ0) is 23.2. The number of likely N-dealkylation sites (N-methyl/N-ethyl adjacent to an activating group) is 1. The molecule has 0 aliphatic carbocycles. The second-order valence-electron chi connectivity index (χ2n) is 9.23. The summed E-state index contributed by atoms with van der Waals surface area (Å²) >= 11 is 0. The number of nitrogens with zero attached hydrogens (tertiary/aromatic N) is 3. The Morgan fingerprint density at radius 3 is 2.18 bits per heavy atom. The van der Waals surface area contributed by atoms with E-state index in [0.717, 1.165) is 57.5 Å². The number of aryl methyl sites for hydroxylation is 1. The van der Waals surface area contributed by atoms with E-state index in [4.69, 9.17) is 0 Å². The number of hydrogen-bond donors (Lipinski definition) is 2. The Balaban J connectivity index is 1.21. The molecule has 2 aromatic rings. The van der Waals surface area contributed by atoms with Gasteiger partial charge < -0.3 is 25.1 Å². The monoisotopic (exact) mass is 450 g/mol. The van der Waals surface area contributed by atoms with E-state index in [1.807, 2.05) is 36.4 Å². The molecule has 0 atom stereocenters. The zero-order valence-corrected chi connectivity index (χ0v) is 19.4. The lowest BCUT2D eigenvalue weighted by molar-refractivity contribution is -0.144. The second-order valence-corrected chi connectivity index (χ2v) is 9.23. The number of phenolic OH excluding ortho intramolecular Hbond substituents is 1. The average molecular weight is 451 g/mol. The van der Waals surface area contributed by atoms with E-state index in [1.165, 1.54) is 5.56 Å². The van der Waals surface area contributed by atoms with Crippen LogP contribution in [0.3, 0.4) is 0 Å². The Hall–Kier alpha value is -3.06. The van der Waals surface area contributed by atoms with Crippen molar-refractivity contribution in [2.24, 2.45) is 5.92 Å². The quantitative estimate of drug-likeness (QED) is 0.685.